The Morgan fingerprint density at radius 1 is 1.03 bits per heavy atom. The van der Waals surface area contributed by atoms with Crippen LogP contribution < -0.4 is 5.32 Å². The highest BCUT2D eigenvalue weighted by Gasteiger charge is 2.37. The van der Waals surface area contributed by atoms with Gasteiger partial charge in [-0.3, -0.25) is 14.5 Å². The molecule has 1 N–H and O–H groups in total. The van der Waals surface area contributed by atoms with Gasteiger partial charge in [0.1, 0.15) is 5.82 Å². The molecule has 2 amide bonds. The van der Waals surface area contributed by atoms with Gasteiger partial charge in [-0.1, -0.05) is 43.2 Å². The molecule has 1 aliphatic heterocycles. The molecule has 1 saturated heterocycles. The van der Waals surface area contributed by atoms with E-state index in [-0.39, 0.29) is 23.7 Å². The van der Waals surface area contributed by atoms with Gasteiger partial charge in [0.15, 0.2) is 0 Å². The predicted octanol–water partition coefficient (Wildman–Crippen LogP) is 3.77. The molecule has 1 atom stereocenters. The largest absolute Gasteiger partial charge is 0.351 e. The summed E-state index contributed by atoms with van der Waals surface area (Å²) in [6, 6.07) is 13.8. The Morgan fingerprint density at radius 2 is 1.75 bits per heavy atom. The summed E-state index contributed by atoms with van der Waals surface area (Å²) < 4.78 is 13.5. The minimum atomic E-state index is -0.293. The second kappa shape index (κ2) is 10.3. The average molecular weight is 438 g/mol. The standard InChI is InChI=1S/C26H32FN3O2/c1-19-7-2-5-12-23(19)26(32)30-15-13-29(14-16-30)24(21-9-3-4-10-21)25(31)28-18-20-8-6-11-22(27)17-20/h2,5-8,11-12,17,21,24H,3-4,9-10,13-16,18H2,1H3,(H,28,31). The molecule has 2 aliphatic rings. The summed E-state index contributed by atoms with van der Waals surface area (Å²) in [7, 11) is 0. The van der Waals surface area contributed by atoms with Crippen LogP contribution in [0.2, 0.25) is 0 Å². The summed E-state index contributed by atoms with van der Waals surface area (Å²) >= 11 is 0. The highest BCUT2D eigenvalue weighted by Crippen LogP contribution is 2.31. The predicted molar refractivity (Wildman–Crippen MR) is 123 cm³/mol. The molecule has 32 heavy (non-hydrogen) atoms. The number of piperazine rings is 1. The van der Waals surface area contributed by atoms with E-state index in [0.29, 0.717) is 38.6 Å². The van der Waals surface area contributed by atoms with Crippen molar-refractivity contribution in [3.05, 3.63) is 71.0 Å². The summed E-state index contributed by atoms with van der Waals surface area (Å²) in [6.45, 7) is 4.90. The Bertz CT molecular complexity index is 950. The number of halogens is 1. The number of carbonyl (C=O) groups excluding carboxylic acids is 2. The third kappa shape index (κ3) is 5.18. The summed E-state index contributed by atoms with van der Waals surface area (Å²) in [6.07, 6.45) is 4.43. The van der Waals surface area contributed by atoms with Gasteiger partial charge in [-0.25, -0.2) is 4.39 Å². The van der Waals surface area contributed by atoms with Crippen LogP contribution in [0.15, 0.2) is 48.5 Å². The number of nitrogens with one attached hydrogen (secondary N) is 1. The minimum absolute atomic E-state index is 0.0137. The molecule has 1 heterocycles. The maximum atomic E-state index is 13.5. The number of amides is 2. The Kier molecular flexibility index (Phi) is 7.20. The first-order valence-corrected chi connectivity index (χ1v) is 11.6. The maximum Gasteiger partial charge on any atom is 0.254 e. The van der Waals surface area contributed by atoms with E-state index in [1.54, 1.807) is 6.07 Å². The highest BCUT2D eigenvalue weighted by molar-refractivity contribution is 5.95. The van der Waals surface area contributed by atoms with Crippen LogP contribution in [0.3, 0.4) is 0 Å². The van der Waals surface area contributed by atoms with Crippen molar-refractivity contribution >= 4 is 11.8 Å². The first-order valence-electron chi connectivity index (χ1n) is 11.6. The van der Waals surface area contributed by atoms with E-state index in [1.165, 1.54) is 12.1 Å². The summed E-state index contributed by atoms with van der Waals surface area (Å²) in [5.74, 6) is 0.121. The molecule has 4 rings (SSSR count). The Balaban J connectivity index is 1.40. The van der Waals surface area contributed by atoms with Gasteiger partial charge < -0.3 is 10.2 Å². The van der Waals surface area contributed by atoms with Crippen molar-refractivity contribution in [1.29, 1.82) is 0 Å². The van der Waals surface area contributed by atoms with Gasteiger partial charge in [-0.2, -0.15) is 0 Å². The zero-order valence-corrected chi connectivity index (χ0v) is 18.7. The fourth-order valence-corrected chi connectivity index (χ4v) is 5.08. The number of nitrogens with zero attached hydrogens (tertiary/aromatic N) is 2. The van der Waals surface area contributed by atoms with Crippen molar-refractivity contribution < 1.29 is 14.0 Å². The lowest BCUT2D eigenvalue weighted by Gasteiger charge is -2.41. The summed E-state index contributed by atoms with van der Waals surface area (Å²) in [5, 5.41) is 3.04. The Morgan fingerprint density at radius 3 is 2.44 bits per heavy atom. The molecular weight excluding hydrogens is 405 g/mol. The third-order valence-corrected chi connectivity index (χ3v) is 6.84. The Hall–Kier alpha value is -2.73. The number of rotatable bonds is 6. The number of hydrogen-bond acceptors (Lipinski definition) is 3. The van der Waals surface area contributed by atoms with Crippen molar-refractivity contribution in [1.82, 2.24) is 15.1 Å². The van der Waals surface area contributed by atoms with Crippen LogP contribution in [0.5, 0.6) is 0 Å². The van der Waals surface area contributed by atoms with Gasteiger partial charge in [-0.15, -0.1) is 0 Å². The molecule has 2 aromatic rings. The SMILES string of the molecule is Cc1ccccc1C(=O)N1CCN(C(C(=O)NCc2cccc(F)c2)C2CCCC2)CC1. The lowest BCUT2D eigenvalue weighted by atomic mass is 9.94. The van der Waals surface area contributed by atoms with Gasteiger partial charge in [0, 0.05) is 38.3 Å². The zero-order chi connectivity index (χ0) is 22.5. The van der Waals surface area contributed by atoms with Crippen molar-refractivity contribution in [3.63, 3.8) is 0 Å². The van der Waals surface area contributed by atoms with Gasteiger partial charge in [0.2, 0.25) is 5.91 Å². The van der Waals surface area contributed by atoms with Gasteiger partial charge in [-0.05, 0) is 55.0 Å². The quantitative estimate of drug-likeness (QED) is 0.749. The molecule has 6 heteroatoms. The highest BCUT2D eigenvalue weighted by atomic mass is 19.1. The fraction of sp³-hybridized carbons (Fsp3) is 0.462. The molecule has 1 saturated carbocycles. The van der Waals surface area contributed by atoms with Crippen LogP contribution in [0, 0.1) is 18.7 Å². The lowest BCUT2D eigenvalue weighted by molar-refractivity contribution is -0.129. The fourth-order valence-electron chi connectivity index (χ4n) is 5.08. The van der Waals surface area contributed by atoms with E-state index < -0.39 is 0 Å². The second-order valence-electron chi connectivity index (χ2n) is 8.98. The van der Waals surface area contributed by atoms with Crippen LogP contribution >= 0.6 is 0 Å². The number of aryl methyl sites for hydroxylation is 1. The molecule has 1 unspecified atom stereocenters. The van der Waals surface area contributed by atoms with Crippen molar-refractivity contribution in [2.45, 2.75) is 45.2 Å². The molecule has 0 radical (unpaired) electrons. The van der Waals surface area contributed by atoms with Crippen LogP contribution in [0.1, 0.15) is 47.2 Å². The maximum absolute atomic E-state index is 13.5. The summed E-state index contributed by atoms with van der Waals surface area (Å²) in [4.78, 5) is 30.4. The van der Waals surface area contributed by atoms with Crippen molar-refractivity contribution in [2.75, 3.05) is 26.2 Å². The number of benzene rings is 2. The second-order valence-corrected chi connectivity index (χ2v) is 8.98. The van der Waals surface area contributed by atoms with Crippen molar-refractivity contribution in [2.24, 2.45) is 5.92 Å². The molecular formula is C26H32FN3O2. The van der Waals surface area contributed by atoms with Crippen LogP contribution in [-0.2, 0) is 11.3 Å². The van der Waals surface area contributed by atoms with Crippen LogP contribution in [0.25, 0.3) is 0 Å². The van der Waals surface area contributed by atoms with Crippen LogP contribution in [-0.4, -0.2) is 53.8 Å². The molecule has 2 aromatic carbocycles. The molecule has 0 bridgehead atoms. The molecule has 170 valence electrons. The third-order valence-electron chi connectivity index (χ3n) is 6.84. The molecule has 0 aromatic heterocycles. The van der Waals surface area contributed by atoms with E-state index in [1.807, 2.05) is 42.2 Å². The van der Waals surface area contributed by atoms with Crippen LogP contribution in [0.4, 0.5) is 4.39 Å². The molecule has 2 fully saturated rings. The monoisotopic (exact) mass is 437 g/mol. The summed E-state index contributed by atoms with van der Waals surface area (Å²) in [5.41, 5.74) is 2.50. The van der Waals surface area contributed by atoms with Crippen molar-refractivity contribution in [3.8, 4) is 0 Å². The number of hydrogen-bond donors (Lipinski definition) is 1. The van der Waals surface area contributed by atoms with E-state index in [4.69, 9.17) is 0 Å². The van der Waals surface area contributed by atoms with E-state index >= 15 is 0 Å². The normalized spacial score (nSPS) is 18.5. The lowest BCUT2D eigenvalue weighted by Crippen LogP contribution is -2.57. The first kappa shape index (κ1) is 22.5. The van der Waals surface area contributed by atoms with E-state index in [2.05, 4.69) is 10.2 Å². The Labute approximate surface area is 189 Å². The van der Waals surface area contributed by atoms with Gasteiger partial charge >= 0.3 is 0 Å². The average Bonchev–Trinajstić information content (AvgIpc) is 3.33. The topological polar surface area (TPSA) is 52.7 Å². The van der Waals surface area contributed by atoms with E-state index in [0.717, 1.165) is 42.4 Å². The first-order chi connectivity index (χ1) is 15.5. The number of carbonyl (C=O) groups is 2. The molecule has 0 spiro atoms. The minimum Gasteiger partial charge on any atom is -0.351 e. The van der Waals surface area contributed by atoms with Gasteiger partial charge in [0.05, 0.1) is 6.04 Å². The zero-order valence-electron chi connectivity index (χ0n) is 18.7. The molecule has 1 aliphatic carbocycles. The molecule has 5 nitrogen and oxygen atoms in total. The van der Waals surface area contributed by atoms with E-state index in [9.17, 15) is 14.0 Å². The smallest absolute Gasteiger partial charge is 0.254 e. The van der Waals surface area contributed by atoms with Gasteiger partial charge in [0.25, 0.3) is 5.91 Å².